The van der Waals surface area contributed by atoms with Crippen LogP contribution in [0.3, 0.4) is 0 Å². The highest BCUT2D eigenvalue weighted by Crippen LogP contribution is 2.34. The number of rotatable bonds is 10. The number of nitrogens with zero attached hydrogens (tertiary/aromatic N) is 1. The maximum atomic E-state index is 11.4. The molecule has 104 valence electrons. The van der Waals surface area contributed by atoms with Crippen molar-refractivity contribution in [1.82, 2.24) is 10.2 Å². The summed E-state index contributed by atoms with van der Waals surface area (Å²) in [6.07, 6.45) is 7.39. The zero-order valence-electron chi connectivity index (χ0n) is 11.5. The van der Waals surface area contributed by atoms with E-state index < -0.39 is 0 Å². The molecule has 0 saturated heterocycles. The predicted octanol–water partition coefficient (Wildman–Crippen LogP) is 1.10. The van der Waals surface area contributed by atoms with Gasteiger partial charge in [-0.3, -0.25) is 4.79 Å². The van der Waals surface area contributed by atoms with E-state index in [0.717, 1.165) is 37.9 Å². The highest BCUT2D eigenvalue weighted by molar-refractivity contribution is 5.79. The summed E-state index contributed by atoms with van der Waals surface area (Å²) in [4.78, 5) is 14.0. The third-order valence-electron chi connectivity index (χ3n) is 3.94. The quantitative estimate of drug-likeness (QED) is 0.613. The zero-order valence-corrected chi connectivity index (χ0v) is 11.5. The van der Waals surface area contributed by atoms with Crippen molar-refractivity contribution in [1.29, 1.82) is 0 Å². The van der Waals surface area contributed by atoms with Crippen molar-refractivity contribution >= 4 is 5.91 Å². The van der Waals surface area contributed by atoms with Crippen molar-refractivity contribution in [3.05, 3.63) is 0 Å². The molecular formula is C14H27N3O. The van der Waals surface area contributed by atoms with E-state index in [9.17, 15) is 4.79 Å². The molecule has 4 heteroatoms. The zero-order chi connectivity index (χ0) is 13.0. The van der Waals surface area contributed by atoms with Gasteiger partial charge in [0, 0.05) is 19.1 Å². The predicted molar refractivity (Wildman–Crippen MR) is 73.2 cm³/mol. The number of primary amides is 1. The maximum Gasteiger partial charge on any atom is 0.234 e. The van der Waals surface area contributed by atoms with Crippen LogP contribution in [0.15, 0.2) is 0 Å². The lowest BCUT2D eigenvalue weighted by Gasteiger charge is -2.24. The minimum atomic E-state index is -0.203. The summed E-state index contributed by atoms with van der Waals surface area (Å²) in [5.41, 5.74) is 5.45. The first-order valence-corrected chi connectivity index (χ1v) is 7.47. The van der Waals surface area contributed by atoms with E-state index in [4.69, 9.17) is 5.73 Å². The first kappa shape index (κ1) is 13.8. The van der Waals surface area contributed by atoms with Gasteiger partial charge >= 0.3 is 0 Å². The summed E-state index contributed by atoms with van der Waals surface area (Å²) in [7, 11) is 0. The molecule has 3 N–H and O–H groups in total. The average Bonchev–Trinajstić information content (AvgIpc) is 3.19. The smallest absolute Gasteiger partial charge is 0.234 e. The maximum absolute atomic E-state index is 11.4. The largest absolute Gasteiger partial charge is 0.368 e. The van der Waals surface area contributed by atoms with Crippen LogP contribution in [0.4, 0.5) is 0 Å². The van der Waals surface area contributed by atoms with E-state index >= 15 is 0 Å². The van der Waals surface area contributed by atoms with Gasteiger partial charge in [0.05, 0.1) is 6.04 Å². The van der Waals surface area contributed by atoms with Gasteiger partial charge in [-0.2, -0.15) is 0 Å². The van der Waals surface area contributed by atoms with E-state index in [0.29, 0.717) is 0 Å². The van der Waals surface area contributed by atoms with Crippen molar-refractivity contribution in [3.8, 4) is 0 Å². The Hall–Kier alpha value is -0.610. The van der Waals surface area contributed by atoms with Crippen LogP contribution >= 0.6 is 0 Å². The molecule has 0 heterocycles. The first-order valence-electron chi connectivity index (χ1n) is 7.47. The Morgan fingerprint density at radius 2 is 2.11 bits per heavy atom. The second-order valence-corrected chi connectivity index (χ2v) is 5.87. The van der Waals surface area contributed by atoms with Gasteiger partial charge in [-0.25, -0.2) is 0 Å². The van der Waals surface area contributed by atoms with E-state index in [-0.39, 0.29) is 11.9 Å². The highest BCUT2D eigenvalue weighted by Gasteiger charge is 2.33. The Labute approximate surface area is 110 Å². The van der Waals surface area contributed by atoms with Crippen LogP contribution in [0.5, 0.6) is 0 Å². The first-order chi connectivity index (χ1) is 8.70. The SMILES string of the molecule is CCCNC(CCN(CC1CC1)C1CC1)C(N)=O. The monoisotopic (exact) mass is 253 g/mol. The minimum absolute atomic E-state index is 0.148. The lowest BCUT2D eigenvalue weighted by Crippen LogP contribution is -2.44. The van der Waals surface area contributed by atoms with Crippen LogP contribution < -0.4 is 11.1 Å². The lowest BCUT2D eigenvalue weighted by molar-refractivity contribution is -0.120. The van der Waals surface area contributed by atoms with Crippen LogP contribution in [0.2, 0.25) is 0 Å². The number of amides is 1. The summed E-state index contributed by atoms with van der Waals surface area (Å²) in [6, 6.07) is 0.649. The fourth-order valence-electron chi connectivity index (χ4n) is 2.45. The van der Waals surface area contributed by atoms with Gasteiger partial charge in [0.15, 0.2) is 0 Å². The molecule has 0 spiro atoms. The molecule has 1 unspecified atom stereocenters. The van der Waals surface area contributed by atoms with Crippen molar-refractivity contribution in [2.75, 3.05) is 19.6 Å². The van der Waals surface area contributed by atoms with E-state index in [2.05, 4.69) is 17.1 Å². The normalized spacial score (nSPS) is 21.2. The lowest BCUT2D eigenvalue weighted by atomic mass is 10.1. The van der Waals surface area contributed by atoms with Crippen molar-refractivity contribution in [3.63, 3.8) is 0 Å². The average molecular weight is 253 g/mol. The molecule has 0 aromatic carbocycles. The van der Waals surface area contributed by atoms with Gasteiger partial charge in [0.25, 0.3) is 0 Å². The molecule has 1 amide bonds. The summed E-state index contributed by atoms with van der Waals surface area (Å²) in [5.74, 6) is 0.729. The molecule has 0 aromatic heterocycles. The molecule has 18 heavy (non-hydrogen) atoms. The van der Waals surface area contributed by atoms with Crippen LogP contribution in [0, 0.1) is 5.92 Å². The Balaban J connectivity index is 1.72. The Kier molecular flexibility index (Phi) is 5.01. The van der Waals surface area contributed by atoms with E-state index in [1.54, 1.807) is 0 Å². The number of carbonyl (C=O) groups excluding carboxylic acids is 1. The van der Waals surface area contributed by atoms with Crippen LogP contribution in [-0.4, -0.2) is 42.5 Å². The van der Waals surface area contributed by atoms with E-state index in [1.807, 2.05) is 0 Å². The number of hydrogen-bond acceptors (Lipinski definition) is 3. The molecule has 2 saturated carbocycles. The van der Waals surface area contributed by atoms with Gasteiger partial charge < -0.3 is 16.0 Å². The second kappa shape index (κ2) is 6.53. The van der Waals surface area contributed by atoms with Crippen LogP contribution in [0.25, 0.3) is 0 Å². The molecule has 1 atom stereocenters. The van der Waals surface area contributed by atoms with Gasteiger partial charge in [-0.15, -0.1) is 0 Å². The molecule has 0 aromatic rings. The van der Waals surface area contributed by atoms with Gasteiger partial charge in [-0.1, -0.05) is 6.92 Å². The van der Waals surface area contributed by atoms with Crippen molar-refractivity contribution < 1.29 is 4.79 Å². The standard InChI is InChI=1S/C14H27N3O/c1-2-8-16-13(14(15)18)7-9-17(12-5-6-12)10-11-3-4-11/h11-13,16H,2-10H2,1H3,(H2,15,18). The Bertz CT molecular complexity index is 274. The molecule has 2 fully saturated rings. The summed E-state index contributed by atoms with van der Waals surface area (Å²) in [6.45, 7) is 5.24. The van der Waals surface area contributed by atoms with Gasteiger partial charge in [0.2, 0.25) is 5.91 Å². The molecule has 2 rings (SSSR count). The Morgan fingerprint density at radius 3 is 2.61 bits per heavy atom. The molecule has 2 aliphatic carbocycles. The summed E-state index contributed by atoms with van der Waals surface area (Å²) < 4.78 is 0. The van der Waals surface area contributed by atoms with Gasteiger partial charge in [-0.05, 0) is 51.0 Å². The van der Waals surface area contributed by atoms with Crippen molar-refractivity contribution in [2.45, 2.75) is 57.5 Å². The van der Waals surface area contributed by atoms with Crippen LogP contribution in [0.1, 0.15) is 45.4 Å². The molecule has 4 nitrogen and oxygen atoms in total. The molecule has 0 aliphatic heterocycles. The number of carbonyl (C=O) groups is 1. The minimum Gasteiger partial charge on any atom is -0.368 e. The number of hydrogen-bond donors (Lipinski definition) is 2. The third kappa shape index (κ3) is 4.58. The summed E-state index contributed by atoms with van der Waals surface area (Å²) >= 11 is 0. The fraction of sp³-hybridized carbons (Fsp3) is 0.929. The number of nitrogens with one attached hydrogen (secondary N) is 1. The van der Waals surface area contributed by atoms with Gasteiger partial charge in [0.1, 0.15) is 0 Å². The molecule has 0 bridgehead atoms. The third-order valence-corrected chi connectivity index (χ3v) is 3.94. The molecule has 0 radical (unpaired) electrons. The summed E-state index contributed by atoms with van der Waals surface area (Å²) in [5, 5.41) is 3.25. The van der Waals surface area contributed by atoms with Crippen molar-refractivity contribution in [2.24, 2.45) is 11.7 Å². The topological polar surface area (TPSA) is 58.4 Å². The fourth-order valence-corrected chi connectivity index (χ4v) is 2.45. The number of nitrogens with two attached hydrogens (primary N) is 1. The molecular weight excluding hydrogens is 226 g/mol. The van der Waals surface area contributed by atoms with E-state index in [1.165, 1.54) is 32.2 Å². The van der Waals surface area contributed by atoms with Crippen LogP contribution in [-0.2, 0) is 4.79 Å². The molecule has 2 aliphatic rings. The highest BCUT2D eigenvalue weighted by atomic mass is 16.1. The second-order valence-electron chi connectivity index (χ2n) is 5.87. The Morgan fingerprint density at radius 1 is 1.39 bits per heavy atom.